The molecule has 0 aromatic carbocycles. The zero-order chi connectivity index (χ0) is 6.85. The van der Waals surface area contributed by atoms with Crippen molar-refractivity contribution in [3.8, 4) is 0 Å². The maximum absolute atomic E-state index is 4.11. The smallest absolute Gasteiger partial charge is 0 e. The minimum absolute atomic E-state index is 0. The second-order valence-corrected chi connectivity index (χ2v) is 3.40. The van der Waals surface area contributed by atoms with E-state index >= 15 is 0 Å². The van der Waals surface area contributed by atoms with Gasteiger partial charge in [0.2, 0.25) is 0 Å². The van der Waals surface area contributed by atoms with E-state index in [9.17, 15) is 0 Å². The molecule has 0 fully saturated rings. The summed E-state index contributed by atoms with van der Waals surface area (Å²) in [5, 5.41) is 0. The third-order valence-electron chi connectivity index (χ3n) is 1.27. The Morgan fingerprint density at radius 2 is 1.83 bits per heavy atom. The molecule has 1 radical (unpaired) electrons. The Hall–Kier alpha value is 0.734. The Bertz CT molecular complexity index is 196. The molecule has 12 heavy (non-hydrogen) atoms. The van der Waals surface area contributed by atoms with Crippen LogP contribution in [-0.2, 0) is 32.7 Å². The van der Waals surface area contributed by atoms with Gasteiger partial charge < -0.3 is 4.98 Å². The van der Waals surface area contributed by atoms with E-state index in [0.29, 0.717) is 5.92 Å². The van der Waals surface area contributed by atoms with Gasteiger partial charge in [0.1, 0.15) is 0 Å². The first-order valence-electron chi connectivity index (χ1n) is 3.05. The fraction of sp³-hybridized carbons (Fsp3) is 0.667. The predicted octanol–water partition coefficient (Wildman–Crippen LogP) is 3.64. The van der Waals surface area contributed by atoms with Crippen LogP contribution in [0.25, 0.3) is 0 Å². The van der Waals surface area contributed by atoms with Gasteiger partial charge in [0.15, 0.2) is 0 Å². The third kappa shape index (κ3) is 4.68. The van der Waals surface area contributed by atoms with Crippen molar-refractivity contribution >= 4 is 11.3 Å². The first kappa shape index (κ1) is 18.5. The number of nitrogens with zero attached hydrogens (tertiary/aromatic N) is 1. The van der Waals surface area contributed by atoms with Crippen LogP contribution in [0.1, 0.15) is 45.2 Å². The number of aromatic nitrogens is 1. The van der Waals surface area contributed by atoms with Crippen molar-refractivity contribution in [3.05, 3.63) is 16.1 Å². The van der Waals surface area contributed by atoms with Crippen molar-refractivity contribution in [2.45, 2.75) is 41.5 Å². The van der Waals surface area contributed by atoms with E-state index in [4.69, 9.17) is 0 Å². The number of hydrogen-bond acceptors (Lipinski definition) is 2. The third-order valence-corrected chi connectivity index (χ3v) is 1.97. The number of rotatable bonds is 1. The molecule has 1 rings (SSSR count). The van der Waals surface area contributed by atoms with Gasteiger partial charge in [-0.05, 0) is 5.51 Å². The van der Waals surface area contributed by atoms with Crippen LogP contribution in [-0.4, -0.2) is 4.98 Å². The van der Waals surface area contributed by atoms with Crippen LogP contribution in [0, 0.1) is 12.4 Å². The first-order valence-corrected chi connectivity index (χ1v) is 3.87. The molecule has 0 N–H and O–H groups in total. The van der Waals surface area contributed by atoms with Crippen LogP contribution in [0.3, 0.4) is 0 Å². The van der Waals surface area contributed by atoms with E-state index in [2.05, 4.69) is 31.3 Å². The van der Waals surface area contributed by atoms with E-state index in [1.54, 1.807) is 11.3 Å². The van der Waals surface area contributed by atoms with Crippen molar-refractivity contribution < 1.29 is 32.7 Å². The largest absolute Gasteiger partial charge is 0.390 e. The van der Waals surface area contributed by atoms with Crippen molar-refractivity contribution in [1.82, 2.24) is 4.98 Å². The van der Waals surface area contributed by atoms with E-state index in [1.165, 1.54) is 10.6 Å². The second kappa shape index (κ2) is 8.34. The van der Waals surface area contributed by atoms with Gasteiger partial charge in [-0.15, -0.1) is 4.88 Å². The maximum atomic E-state index is 4.11. The van der Waals surface area contributed by atoms with Crippen molar-refractivity contribution in [1.29, 1.82) is 0 Å². The Kier molecular flexibility index (Phi) is 12.9. The van der Waals surface area contributed by atoms with Gasteiger partial charge in [0, 0.05) is 32.7 Å². The molecule has 1 nitrogen and oxygen atoms in total. The Balaban J connectivity index is -0.000000270. The molecule has 0 amide bonds. The molecule has 0 aliphatic rings. The second-order valence-electron chi connectivity index (χ2n) is 2.40. The van der Waals surface area contributed by atoms with Gasteiger partial charge in [-0.3, -0.25) is 11.3 Å². The number of aryl methyl sites for hydroxylation is 1. The fourth-order valence-electron chi connectivity index (χ4n) is 0.807. The minimum atomic E-state index is 0. The van der Waals surface area contributed by atoms with Crippen molar-refractivity contribution in [2.75, 3.05) is 0 Å². The molecule has 0 bridgehead atoms. The Morgan fingerprint density at radius 1 is 1.33 bits per heavy atom. The number of hydrogen-bond donors (Lipinski definition) is 0. The molecule has 1 aromatic rings. The molecule has 69 valence electrons. The van der Waals surface area contributed by atoms with E-state index in [-0.39, 0.29) is 47.6 Å². The molecule has 0 saturated carbocycles. The summed E-state index contributed by atoms with van der Waals surface area (Å²) < 4.78 is 0. The van der Waals surface area contributed by atoms with Crippen molar-refractivity contribution in [3.63, 3.8) is 0 Å². The van der Waals surface area contributed by atoms with Gasteiger partial charge >= 0.3 is 0 Å². The molecule has 0 aliphatic carbocycles. The topological polar surface area (TPSA) is 12.9 Å². The van der Waals surface area contributed by atoms with Gasteiger partial charge in [0.05, 0.1) is 0 Å². The minimum Gasteiger partial charge on any atom is -0.390 e. The standard InChI is InChI=1S/C7H10NS.2CH4.Y/c1-5(2)7-6(3)9-4-8-7;;;/h5H,1-3H3;2*1H4;/q-1;;;. The zero-order valence-corrected chi connectivity index (χ0v) is 10.2. The van der Waals surface area contributed by atoms with Crippen LogP contribution in [0.5, 0.6) is 0 Å². The Labute approximate surface area is 106 Å². The van der Waals surface area contributed by atoms with Gasteiger partial charge in [-0.2, -0.15) is 0 Å². The molecule has 1 heterocycles. The van der Waals surface area contributed by atoms with Crippen LogP contribution in [0.4, 0.5) is 0 Å². The Morgan fingerprint density at radius 3 is 2.00 bits per heavy atom. The maximum Gasteiger partial charge on any atom is 0 e. The molecule has 0 atom stereocenters. The summed E-state index contributed by atoms with van der Waals surface area (Å²) in [4.78, 5) is 5.41. The molecule has 0 aliphatic heterocycles. The van der Waals surface area contributed by atoms with Gasteiger partial charge in [-0.25, -0.2) is 0 Å². The normalized spacial score (nSPS) is 8.00. The van der Waals surface area contributed by atoms with Gasteiger partial charge in [0.25, 0.3) is 0 Å². The quantitative estimate of drug-likeness (QED) is 0.703. The fourth-order valence-corrected chi connectivity index (χ4v) is 1.47. The van der Waals surface area contributed by atoms with Crippen LogP contribution in [0.15, 0.2) is 0 Å². The van der Waals surface area contributed by atoms with E-state index < -0.39 is 0 Å². The first-order chi connectivity index (χ1) is 4.22. The monoisotopic (exact) mass is 261 g/mol. The SMILES string of the molecule is C.C.Cc1s[c-]nc1C(C)C.[Y]. The number of thiazole rings is 1. The molecular weight excluding hydrogens is 243 g/mol. The average Bonchev–Trinajstić information content (AvgIpc) is 2.13. The molecule has 0 saturated heterocycles. The summed E-state index contributed by atoms with van der Waals surface area (Å²) in [6, 6.07) is 0. The van der Waals surface area contributed by atoms with Crippen LogP contribution >= 0.6 is 11.3 Å². The summed E-state index contributed by atoms with van der Waals surface area (Å²) in [6.07, 6.45) is 0. The van der Waals surface area contributed by atoms with Crippen molar-refractivity contribution in [2.24, 2.45) is 0 Å². The molecule has 0 spiro atoms. The molecular formula is C9H18NSY-. The average molecular weight is 261 g/mol. The van der Waals surface area contributed by atoms with Crippen LogP contribution in [0.2, 0.25) is 0 Å². The molecule has 1 aromatic heterocycles. The van der Waals surface area contributed by atoms with E-state index in [0.717, 1.165) is 0 Å². The van der Waals surface area contributed by atoms with Crippen LogP contribution < -0.4 is 0 Å². The molecule has 3 heteroatoms. The summed E-state index contributed by atoms with van der Waals surface area (Å²) in [5.41, 5.74) is 4.07. The summed E-state index contributed by atoms with van der Waals surface area (Å²) in [5.74, 6) is 0.549. The summed E-state index contributed by atoms with van der Waals surface area (Å²) in [7, 11) is 0. The summed E-state index contributed by atoms with van der Waals surface area (Å²) >= 11 is 1.60. The van der Waals surface area contributed by atoms with E-state index in [1.807, 2.05) is 0 Å². The zero-order valence-electron chi connectivity index (χ0n) is 6.51. The molecule has 0 unspecified atom stereocenters. The summed E-state index contributed by atoms with van der Waals surface area (Å²) in [6.45, 7) is 6.38. The predicted molar refractivity (Wildman–Crippen MR) is 53.2 cm³/mol. The van der Waals surface area contributed by atoms with Gasteiger partial charge in [-0.1, -0.05) is 47.2 Å².